The van der Waals surface area contributed by atoms with E-state index in [1.807, 2.05) is 0 Å². The zero-order chi connectivity index (χ0) is 8.81. The number of hydrogen-bond donors (Lipinski definition) is 0. The first kappa shape index (κ1) is 9.50. The van der Waals surface area contributed by atoms with Crippen LogP contribution in [-0.2, 0) is 4.79 Å². The maximum atomic E-state index is 10.1. The third-order valence-corrected chi connectivity index (χ3v) is 2.58. The third-order valence-electron chi connectivity index (χ3n) is 2.58. The van der Waals surface area contributed by atoms with E-state index in [0.29, 0.717) is 6.42 Å². The maximum Gasteiger partial charge on any atom is 0.120 e. The highest BCUT2D eigenvalue weighted by Gasteiger charge is 2.11. The number of hydrogen-bond acceptors (Lipinski definition) is 1. The van der Waals surface area contributed by atoms with Gasteiger partial charge in [-0.25, -0.2) is 0 Å². The fourth-order valence-electron chi connectivity index (χ4n) is 1.90. The Morgan fingerprint density at radius 2 is 2.08 bits per heavy atom. The highest BCUT2D eigenvalue weighted by molar-refractivity contribution is 5.49. The molecular formula is C11H18O. The van der Waals surface area contributed by atoms with Crippen molar-refractivity contribution >= 4 is 6.29 Å². The molecule has 1 nitrogen and oxygen atoms in total. The van der Waals surface area contributed by atoms with Crippen molar-refractivity contribution in [2.24, 2.45) is 5.92 Å². The molecule has 1 aliphatic carbocycles. The summed E-state index contributed by atoms with van der Waals surface area (Å²) in [6, 6.07) is 0. The van der Waals surface area contributed by atoms with Crippen molar-refractivity contribution in [3.05, 3.63) is 11.6 Å². The average molecular weight is 166 g/mol. The molecule has 1 rings (SSSR count). The topological polar surface area (TPSA) is 17.1 Å². The minimum absolute atomic E-state index is 0.690. The smallest absolute Gasteiger partial charge is 0.120 e. The van der Waals surface area contributed by atoms with Gasteiger partial charge in [-0.3, -0.25) is 0 Å². The van der Waals surface area contributed by atoms with E-state index in [-0.39, 0.29) is 0 Å². The lowest BCUT2D eigenvalue weighted by molar-refractivity contribution is -0.107. The van der Waals surface area contributed by atoms with Gasteiger partial charge in [0, 0.05) is 6.42 Å². The van der Waals surface area contributed by atoms with Gasteiger partial charge in [0.05, 0.1) is 0 Å². The highest BCUT2D eigenvalue weighted by atomic mass is 16.1. The van der Waals surface area contributed by atoms with E-state index in [4.69, 9.17) is 0 Å². The zero-order valence-corrected chi connectivity index (χ0v) is 7.88. The molecule has 12 heavy (non-hydrogen) atoms. The van der Waals surface area contributed by atoms with Crippen molar-refractivity contribution in [3.8, 4) is 0 Å². The molecule has 0 N–H and O–H groups in total. The van der Waals surface area contributed by atoms with E-state index in [2.05, 4.69) is 13.0 Å². The van der Waals surface area contributed by atoms with E-state index in [1.54, 1.807) is 0 Å². The van der Waals surface area contributed by atoms with Gasteiger partial charge < -0.3 is 4.79 Å². The molecule has 0 heterocycles. The quantitative estimate of drug-likeness (QED) is 0.463. The summed E-state index contributed by atoms with van der Waals surface area (Å²) in [6.45, 7) is 2.14. The first-order valence-corrected chi connectivity index (χ1v) is 4.94. The van der Waals surface area contributed by atoms with E-state index in [0.717, 1.165) is 18.6 Å². The van der Waals surface area contributed by atoms with Crippen molar-refractivity contribution in [3.63, 3.8) is 0 Å². The molecule has 0 saturated heterocycles. The molecule has 0 aromatic heterocycles. The molecule has 68 valence electrons. The van der Waals surface area contributed by atoms with Crippen molar-refractivity contribution in [2.75, 3.05) is 0 Å². The van der Waals surface area contributed by atoms with Crippen LogP contribution >= 0.6 is 0 Å². The van der Waals surface area contributed by atoms with E-state index in [1.165, 1.54) is 31.3 Å². The lowest BCUT2D eigenvalue weighted by Gasteiger charge is -2.03. The van der Waals surface area contributed by atoms with Gasteiger partial charge >= 0.3 is 0 Å². The predicted octanol–water partition coefficient (Wildman–Crippen LogP) is 3.10. The minimum atomic E-state index is 0.690. The zero-order valence-electron chi connectivity index (χ0n) is 7.88. The molecule has 1 heteroatoms. The second kappa shape index (κ2) is 5.13. The van der Waals surface area contributed by atoms with Gasteiger partial charge in [0.25, 0.3) is 0 Å². The van der Waals surface area contributed by atoms with Crippen LogP contribution in [0.1, 0.15) is 45.4 Å². The summed E-state index contributed by atoms with van der Waals surface area (Å²) in [5, 5.41) is 0. The summed E-state index contributed by atoms with van der Waals surface area (Å²) in [6.07, 6.45) is 10.5. The van der Waals surface area contributed by atoms with E-state index < -0.39 is 0 Å². The van der Waals surface area contributed by atoms with Gasteiger partial charge in [-0.15, -0.1) is 0 Å². The van der Waals surface area contributed by atoms with Crippen LogP contribution in [0.4, 0.5) is 0 Å². The molecular weight excluding hydrogens is 148 g/mol. The summed E-state index contributed by atoms with van der Waals surface area (Å²) >= 11 is 0. The lowest BCUT2D eigenvalue weighted by Crippen LogP contribution is -1.89. The predicted molar refractivity (Wildman–Crippen MR) is 51.0 cm³/mol. The molecule has 1 aliphatic rings. The normalized spacial score (nSPS) is 19.9. The summed E-state index contributed by atoms with van der Waals surface area (Å²) in [5.74, 6) is 0.816. The van der Waals surface area contributed by atoms with Gasteiger partial charge in [0.1, 0.15) is 6.29 Å². The Labute approximate surface area is 74.9 Å². The van der Waals surface area contributed by atoms with Gasteiger partial charge in [-0.1, -0.05) is 24.5 Å². The Morgan fingerprint density at radius 3 is 2.67 bits per heavy atom. The maximum absolute atomic E-state index is 10.1. The van der Waals surface area contributed by atoms with Crippen molar-refractivity contribution < 1.29 is 4.79 Å². The monoisotopic (exact) mass is 166 g/mol. The van der Waals surface area contributed by atoms with E-state index in [9.17, 15) is 4.79 Å². The molecule has 1 fully saturated rings. The van der Waals surface area contributed by atoms with Crippen LogP contribution in [0.3, 0.4) is 0 Å². The largest absolute Gasteiger partial charge is 0.303 e. The molecule has 0 amide bonds. The lowest BCUT2D eigenvalue weighted by atomic mass is 10.0. The molecule has 0 spiro atoms. The summed E-state index contributed by atoms with van der Waals surface area (Å²) in [4.78, 5) is 10.1. The van der Waals surface area contributed by atoms with Crippen LogP contribution in [0.15, 0.2) is 11.6 Å². The fourth-order valence-corrected chi connectivity index (χ4v) is 1.90. The molecule has 1 saturated carbocycles. The number of aldehydes is 1. The molecule has 0 aromatic rings. The van der Waals surface area contributed by atoms with Gasteiger partial charge in [0.15, 0.2) is 0 Å². The van der Waals surface area contributed by atoms with E-state index >= 15 is 0 Å². The van der Waals surface area contributed by atoms with Crippen LogP contribution in [0.5, 0.6) is 0 Å². The van der Waals surface area contributed by atoms with Crippen LogP contribution in [0.2, 0.25) is 0 Å². The molecule has 0 atom stereocenters. The van der Waals surface area contributed by atoms with Crippen molar-refractivity contribution in [1.82, 2.24) is 0 Å². The van der Waals surface area contributed by atoms with Gasteiger partial charge in [0.2, 0.25) is 0 Å². The standard InChI is InChI=1S/C11H18O/c1-10(5-4-8-12)9-11-6-2-3-7-11/h8-9,11H,2-7H2,1H3. The van der Waals surface area contributed by atoms with Crippen LogP contribution in [-0.4, -0.2) is 6.29 Å². The molecule has 0 aliphatic heterocycles. The number of rotatable bonds is 4. The Kier molecular flexibility index (Phi) is 4.06. The second-order valence-electron chi connectivity index (χ2n) is 3.76. The van der Waals surface area contributed by atoms with Gasteiger partial charge in [-0.05, 0) is 32.1 Å². The van der Waals surface area contributed by atoms with Crippen LogP contribution in [0.25, 0.3) is 0 Å². The summed E-state index contributed by atoms with van der Waals surface area (Å²) < 4.78 is 0. The average Bonchev–Trinajstić information content (AvgIpc) is 2.53. The highest BCUT2D eigenvalue weighted by Crippen LogP contribution is 2.27. The third kappa shape index (κ3) is 3.21. The number of carbonyl (C=O) groups is 1. The van der Waals surface area contributed by atoms with Crippen LogP contribution < -0.4 is 0 Å². The summed E-state index contributed by atoms with van der Waals surface area (Å²) in [5.41, 5.74) is 1.40. The number of carbonyl (C=O) groups excluding carboxylic acids is 1. The van der Waals surface area contributed by atoms with Crippen LogP contribution in [0, 0.1) is 5.92 Å². The van der Waals surface area contributed by atoms with Crippen molar-refractivity contribution in [2.45, 2.75) is 45.4 Å². The van der Waals surface area contributed by atoms with Crippen molar-refractivity contribution in [1.29, 1.82) is 0 Å². The first-order valence-electron chi connectivity index (χ1n) is 4.94. The molecule has 0 radical (unpaired) electrons. The Bertz CT molecular complexity index is 164. The molecule has 0 unspecified atom stereocenters. The fraction of sp³-hybridized carbons (Fsp3) is 0.727. The Balaban J connectivity index is 2.27. The second-order valence-corrected chi connectivity index (χ2v) is 3.76. The Morgan fingerprint density at radius 1 is 1.42 bits per heavy atom. The Hall–Kier alpha value is -0.590. The summed E-state index contributed by atoms with van der Waals surface area (Å²) in [7, 11) is 0. The molecule has 0 aromatic carbocycles. The first-order chi connectivity index (χ1) is 5.83. The number of allylic oxidation sites excluding steroid dienone is 2. The minimum Gasteiger partial charge on any atom is -0.303 e. The van der Waals surface area contributed by atoms with Gasteiger partial charge in [-0.2, -0.15) is 0 Å². The molecule has 0 bridgehead atoms. The SMILES string of the molecule is CC(=CC1CCCC1)CCC=O.